The van der Waals surface area contributed by atoms with Gasteiger partial charge in [-0.25, -0.2) is 0 Å². The average molecular weight is 221 g/mol. The summed E-state index contributed by atoms with van der Waals surface area (Å²) in [4.78, 5) is 23.2. The molecular formula is C7H11NO5S. The highest BCUT2D eigenvalue weighted by Crippen LogP contribution is 2.11. The number of nitrogens with zero attached hydrogens (tertiary/aromatic N) is 1. The Bertz CT molecular complexity index is 331. The molecule has 2 amide bonds. The van der Waals surface area contributed by atoms with Crippen molar-refractivity contribution in [1.29, 1.82) is 0 Å². The van der Waals surface area contributed by atoms with E-state index in [-0.39, 0.29) is 31.2 Å². The Hall–Kier alpha value is -0.950. The first-order chi connectivity index (χ1) is 6.40. The first-order valence-electron chi connectivity index (χ1n) is 4.18. The summed E-state index contributed by atoms with van der Waals surface area (Å²) in [6, 6.07) is 0. The molecule has 0 aromatic carbocycles. The highest BCUT2D eigenvalue weighted by molar-refractivity contribution is 7.85. The maximum atomic E-state index is 11.2. The number of carbonyl (C=O) groups excluding carboxylic acids is 2. The van der Waals surface area contributed by atoms with Crippen LogP contribution in [0.5, 0.6) is 0 Å². The zero-order valence-corrected chi connectivity index (χ0v) is 8.29. The smallest absolute Gasteiger partial charge is 0.266 e. The number of hydrogen-bond donors (Lipinski definition) is 1. The van der Waals surface area contributed by atoms with Gasteiger partial charge in [0.15, 0.2) is 0 Å². The SMILES string of the molecule is O=C1CCCC(=O)N1CCS(=O)(=O)O. The third-order valence-corrected chi connectivity index (χ3v) is 2.65. The lowest BCUT2D eigenvalue weighted by Crippen LogP contribution is -2.42. The summed E-state index contributed by atoms with van der Waals surface area (Å²) in [6.45, 7) is -0.253. The van der Waals surface area contributed by atoms with Crippen LogP contribution in [0.4, 0.5) is 0 Å². The third kappa shape index (κ3) is 3.08. The molecule has 80 valence electrons. The van der Waals surface area contributed by atoms with E-state index in [9.17, 15) is 18.0 Å². The Morgan fingerprint density at radius 2 is 1.71 bits per heavy atom. The standard InChI is InChI=1S/C7H11NO5S/c9-6-2-1-3-7(10)8(6)4-5-14(11,12)13/h1-5H2,(H,11,12,13). The fraction of sp³-hybridized carbons (Fsp3) is 0.714. The molecule has 0 spiro atoms. The molecule has 14 heavy (non-hydrogen) atoms. The molecule has 1 aliphatic heterocycles. The van der Waals surface area contributed by atoms with E-state index in [1.54, 1.807) is 0 Å². The topological polar surface area (TPSA) is 91.8 Å². The fourth-order valence-corrected chi connectivity index (χ4v) is 1.67. The molecule has 7 heteroatoms. The van der Waals surface area contributed by atoms with Gasteiger partial charge in [-0.3, -0.25) is 19.0 Å². The lowest BCUT2D eigenvalue weighted by atomic mass is 10.1. The highest BCUT2D eigenvalue weighted by atomic mass is 32.2. The second-order valence-corrected chi connectivity index (χ2v) is 4.65. The van der Waals surface area contributed by atoms with Gasteiger partial charge >= 0.3 is 0 Å². The van der Waals surface area contributed by atoms with Crippen molar-refractivity contribution in [3.63, 3.8) is 0 Å². The minimum absolute atomic E-state index is 0.253. The maximum absolute atomic E-state index is 11.2. The molecule has 1 fully saturated rings. The second-order valence-electron chi connectivity index (χ2n) is 3.08. The van der Waals surface area contributed by atoms with E-state index in [1.165, 1.54) is 0 Å². The van der Waals surface area contributed by atoms with Crippen molar-refractivity contribution in [3.05, 3.63) is 0 Å². The summed E-state index contributed by atoms with van der Waals surface area (Å²) >= 11 is 0. The van der Waals surface area contributed by atoms with Crippen LogP contribution >= 0.6 is 0 Å². The van der Waals surface area contributed by atoms with Gasteiger partial charge in [-0.1, -0.05) is 0 Å². The number of carbonyl (C=O) groups is 2. The molecule has 1 aliphatic rings. The van der Waals surface area contributed by atoms with Gasteiger partial charge < -0.3 is 0 Å². The molecule has 1 saturated heterocycles. The van der Waals surface area contributed by atoms with Gasteiger partial charge in [-0.2, -0.15) is 8.42 Å². The number of likely N-dealkylation sites (tertiary alicyclic amines) is 1. The number of amides is 2. The van der Waals surface area contributed by atoms with Crippen LogP contribution in [0, 0.1) is 0 Å². The van der Waals surface area contributed by atoms with E-state index in [1.807, 2.05) is 0 Å². The molecule has 0 aromatic rings. The summed E-state index contributed by atoms with van der Waals surface area (Å²) in [5.74, 6) is -1.33. The van der Waals surface area contributed by atoms with Gasteiger partial charge in [-0.15, -0.1) is 0 Å². The number of piperidine rings is 1. The van der Waals surface area contributed by atoms with Gasteiger partial charge in [0.25, 0.3) is 10.1 Å². The molecule has 0 aromatic heterocycles. The molecular weight excluding hydrogens is 210 g/mol. The third-order valence-electron chi connectivity index (χ3n) is 1.96. The van der Waals surface area contributed by atoms with Gasteiger partial charge in [0, 0.05) is 19.4 Å². The van der Waals surface area contributed by atoms with Crippen LogP contribution in [0.25, 0.3) is 0 Å². The Balaban J connectivity index is 2.57. The van der Waals surface area contributed by atoms with Crippen LogP contribution in [0.1, 0.15) is 19.3 Å². The number of imide groups is 1. The predicted molar refractivity (Wildman–Crippen MR) is 47.0 cm³/mol. The van der Waals surface area contributed by atoms with Crippen molar-refractivity contribution in [1.82, 2.24) is 4.90 Å². The highest BCUT2D eigenvalue weighted by Gasteiger charge is 2.26. The van der Waals surface area contributed by atoms with E-state index < -0.39 is 15.9 Å². The van der Waals surface area contributed by atoms with Crippen LogP contribution in [0.15, 0.2) is 0 Å². The summed E-state index contributed by atoms with van der Waals surface area (Å²) in [5.41, 5.74) is 0. The van der Waals surface area contributed by atoms with Crippen LogP contribution in [-0.2, 0) is 19.7 Å². The summed E-state index contributed by atoms with van der Waals surface area (Å²) in [5, 5.41) is 0. The molecule has 1 N–H and O–H groups in total. The molecule has 0 aliphatic carbocycles. The normalized spacial score (nSPS) is 18.8. The summed E-state index contributed by atoms with van der Waals surface area (Å²) < 4.78 is 29.2. The van der Waals surface area contributed by atoms with Crippen LogP contribution in [0.2, 0.25) is 0 Å². The lowest BCUT2D eigenvalue weighted by Gasteiger charge is -2.23. The molecule has 0 radical (unpaired) electrons. The summed E-state index contributed by atoms with van der Waals surface area (Å²) in [6.07, 6.45) is 1.04. The zero-order valence-electron chi connectivity index (χ0n) is 7.47. The first kappa shape index (κ1) is 11.1. The van der Waals surface area contributed by atoms with Crippen LogP contribution in [-0.4, -0.2) is 42.0 Å². The van der Waals surface area contributed by atoms with E-state index in [4.69, 9.17) is 4.55 Å². The zero-order chi connectivity index (χ0) is 10.8. The minimum atomic E-state index is -4.12. The Morgan fingerprint density at radius 1 is 1.21 bits per heavy atom. The number of hydrogen-bond acceptors (Lipinski definition) is 4. The largest absolute Gasteiger partial charge is 0.285 e. The Kier molecular flexibility index (Phi) is 3.22. The lowest BCUT2D eigenvalue weighted by molar-refractivity contribution is -0.147. The van der Waals surface area contributed by atoms with Crippen molar-refractivity contribution in [2.45, 2.75) is 19.3 Å². The monoisotopic (exact) mass is 221 g/mol. The molecule has 0 unspecified atom stereocenters. The van der Waals surface area contributed by atoms with Crippen molar-refractivity contribution < 1.29 is 22.6 Å². The molecule has 0 bridgehead atoms. The van der Waals surface area contributed by atoms with E-state index in [0.717, 1.165) is 4.90 Å². The van der Waals surface area contributed by atoms with Crippen molar-refractivity contribution in [2.75, 3.05) is 12.3 Å². The van der Waals surface area contributed by atoms with E-state index >= 15 is 0 Å². The second kappa shape index (κ2) is 4.05. The van der Waals surface area contributed by atoms with E-state index in [2.05, 4.69) is 0 Å². The van der Waals surface area contributed by atoms with Gasteiger partial charge in [-0.05, 0) is 6.42 Å². The van der Waals surface area contributed by atoms with Crippen molar-refractivity contribution in [3.8, 4) is 0 Å². The molecule has 0 saturated carbocycles. The first-order valence-corrected chi connectivity index (χ1v) is 5.79. The van der Waals surface area contributed by atoms with Crippen molar-refractivity contribution in [2.24, 2.45) is 0 Å². The average Bonchev–Trinajstić information content (AvgIpc) is 2.01. The van der Waals surface area contributed by atoms with E-state index in [0.29, 0.717) is 6.42 Å². The van der Waals surface area contributed by atoms with Gasteiger partial charge in [0.1, 0.15) is 0 Å². The minimum Gasteiger partial charge on any atom is -0.285 e. The Morgan fingerprint density at radius 3 is 2.14 bits per heavy atom. The fourth-order valence-electron chi connectivity index (χ4n) is 1.26. The predicted octanol–water partition coefficient (Wildman–Crippen LogP) is -0.587. The number of rotatable bonds is 3. The van der Waals surface area contributed by atoms with Crippen LogP contribution in [0.3, 0.4) is 0 Å². The van der Waals surface area contributed by atoms with Gasteiger partial charge in [0.05, 0.1) is 5.75 Å². The molecule has 1 rings (SSSR count). The molecule has 1 heterocycles. The van der Waals surface area contributed by atoms with Crippen LogP contribution < -0.4 is 0 Å². The Labute approximate surface area is 81.6 Å². The molecule has 6 nitrogen and oxygen atoms in total. The van der Waals surface area contributed by atoms with Crippen molar-refractivity contribution >= 4 is 21.9 Å². The summed E-state index contributed by atoms with van der Waals surface area (Å²) in [7, 11) is -4.12. The maximum Gasteiger partial charge on any atom is 0.266 e. The van der Waals surface area contributed by atoms with Gasteiger partial charge in [0.2, 0.25) is 11.8 Å². The molecule has 0 atom stereocenters. The quantitative estimate of drug-likeness (QED) is 0.508.